The van der Waals surface area contributed by atoms with Gasteiger partial charge in [0.2, 0.25) is 5.91 Å². The van der Waals surface area contributed by atoms with E-state index in [1.54, 1.807) is 25.2 Å². The largest absolute Gasteiger partial charge is 0.354 e. The number of guanidine groups is 1. The average molecular weight is 384 g/mol. The molecule has 0 saturated carbocycles. The molecular formula is C17H29N5O3S. The van der Waals surface area contributed by atoms with E-state index >= 15 is 0 Å². The fourth-order valence-corrected chi connectivity index (χ4v) is 2.92. The van der Waals surface area contributed by atoms with E-state index in [1.165, 1.54) is 6.26 Å². The van der Waals surface area contributed by atoms with Crippen LogP contribution in [0.15, 0.2) is 29.4 Å². The van der Waals surface area contributed by atoms with Crippen LogP contribution >= 0.6 is 0 Å². The molecule has 9 heteroatoms. The van der Waals surface area contributed by atoms with Crippen LogP contribution in [0, 0.1) is 0 Å². The minimum atomic E-state index is -2.99. The summed E-state index contributed by atoms with van der Waals surface area (Å²) in [4.78, 5) is 22.2. The smallest absolute Gasteiger partial charge is 0.241 e. The van der Waals surface area contributed by atoms with E-state index in [0.29, 0.717) is 25.3 Å². The topological polar surface area (TPSA) is 104 Å². The van der Waals surface area contributed by atoms with Gasteiger partial charge in [0.1, 0.15) is 9.84 Å². The van der Waals surface area contributed by atoms with Crippen molar-refractivity contribution in [1.82, 2.24) is 20.5 Å². The Labute approximate surface area is 156 Å². The third-order valence-corrected chi connectivity index (χ3v) is 4.77. The van der Waals surface area contributed by atoms with Crippen molar-refractivity contribution >= 4 is 21.7 Å². The number of pyridine rings is 1. The van der Waals surface area contributed by atoms with Gasteiger partial charge in [-0.15, -0.1) is 0 Å². The highest BCUT2D eigenvalue weighted by Gasteiger charge is 2.12. The van der Waals surface area contributed by atoms with E-state index in [0.717, 1.165) is 5.69 Å². The molecule has 1 atom stereocenters. The van der Waals surface area contributed by atoms with Crippen molar-refractivity contribution in [3.63, 3.8) is 0 Å². The van der Waals surface area contributed by atoms with Gasteiger partial charge in [0.25, 0.3) is 0 Å². The summed E-state index contributed by atoms with van der Waals surface area (Å²) in [5.41, 5.74) is 0.942. The van der Waals surface area contributed by atoms with Crippen LogP contribution in [0.2, 0.25) is 0 Å². The monoisotopic (exact) mass is 383 g/mol. The van der Waals surface area contributed by atoms with Gasteiger partial charge in [-0.05, 0) is 25.5 Å². The Morgan fingerprint density at radius 2 is 2.12 bits per heavy atom. The summed E-state index contributed by atoms with van der Waals surface area (Å²) >= 11 is 0. The Kier molecular flexibility index (Phi) is 9.04. The van der Waals surface area contributed by atoms with Crippen molar-refractivity contribution in [2.75, 3.05) is 39.2 Å². The quantitative estimate of drug-likeness (QED) is 0.462. The zero-order chi connectivity index (χ0) is 19.6. The second-order valence-electron chi connectivity index (χ2n) is 6.28. The van der Waals surface area contributed by atoms with Crippen molar-refractivity contribution < 1.29 is 13.2 Å². The van der Waals surface area contributed by atoms with Crippen LogP contribution in [-0.4, -0.2) is 75.4 Å². The maximum atomic E-state index is 12.2. The first-order valence-corrected chi connectivity index (χ1v) is 10.6. The predicted molar refractivity (Wildman–Crippen MR) is 104 cm³/mol. The van der Waals surface area contributed by atoms with Crippen LogP contribution in [-0.2, 0) is 21.1 Å². The predicted octanol–water partition coefficient (Wildman–Crippen LogP) is 0.0707. The van der Waals surface area contributed by atoms with Gasteiger partial charge in [0.05, 0.1) is 12.3 Å². The summed E-state index contributed by atoms with van der Waals surface area (Å²) in [6.07, 6.45) is 4.11. The average Bonchev–Trinajstić information content (AvgIpc) is 2.61. The van der Waals surface area contributed by atoms with Gasteiger partial charge in [-0.25, -0.2) is 8.42 Å². The van der Waals surface area contributed by atoms with Crippen LogP contribution < -0.4 is 10.6 Å². The van der Waals surface area contributed by atoms with E-state index < -0.39 is 9.84 Å². The first-order valence-electron chi connectivity index (χ1n) is 8.50. The fraction of sp³-hybridized carbons (Fsp3) is 0.588. The van der Waals surface area contributed by atoms with E-state index in [-0.39, 0.29) is 24.2 Å². The number of carbonyl (C=O) groups excluding carboxylic acids is 1. The molecule has 8 nitrogen and oxygen atoms in total. The SMILES string of the molecule is CN=C(NCC(=O)N(C)CCc1ccccn1)NC(C)CCS(C)(=O)=O. The Bertz CT molecular complexity index is 692. The number of likely N-dealkylation sites (N-methyl/N-ethyl adjacent to an activating group) is 1. The minimum Gasteiger partial charge on any atom is -0.354 e. The molecule has 26 heavy (non-hydrogen) atoms. The van der Waals surface area contributed by atoms with Gasteiger partial charge < -0.3 is 15.5 Å². The maximum Gasteiger partial charge on any atom is 0.241 e. The first-order chi connectivity index (χ1) is 12.2. The molecule has 0 aliphatic carbocycles. The Balaban J connectivity index is 2.36. The van der Waals surface area contributed by atoms with Gasteiger partial charge in [-0.3, -0.25) is 14.8 Å². The standard InChI is InChI=1S/C17H29N5O3S/c1-14(9-12-26(4,24)25)21-17(18-2)20-13-16(23)22(3)11-8-15-7-5-6-10-19-15/h5-7,10,14H,8-9,11-13H2,1-4H3,(H2,18,20,21). The molecule has 146 valence electrons. The van der Waals surface area contributed by atoms with Crippen LogP contribution in [0.5, 0.6) is 0 Å². The molecule has 0 bridgehead atoms. The number of sulfone groups is 1. The highest BCUT2D eigenvalue weighted by atomic mass is 32.2. The summed E-state index contributed by atoms with van der Waals surface area (Å²) in [6.45, 7) is 2.56. The third kappa shape index (κ3) is 9.36. The van der Waals surface area contributed by atoms with Gasteiger partial charge in [-0.2, -0.15) is 0 Å². The molecule has 0 aliphatic heterocycles. The number of nitrogens with one attached hydrogen (secondary N) is 2. The van der Waals surface area contributed by atoms with Crippen LogP contribution in [0.25, 0.3) is 0 Å². The van der Waals surface area contributed by atoms with Crippen LogP contribution in [0.3, 0.4) is 0 Å². The highest BCUT2D eigenvalue weighted by Crippen LogP contribution is 1.97. The number of nitrogens with zero attached hydrogens (tertiary/aromatic N) is 3. The first kappa shape index (κ1) is 21.9. The van der Waals surface area contributed by atoms with Crippen molar-refractivity contribution in [3.05, 3.63) is 30.1 Å². The molecule has 1 aromatic heterocycles. The Morgan fingerprint density at radius 3 is 2.69 bits per heavy atom. The number of carbonyl (C=O) groups is 1. The number of hydrogen-bond acceptors (Lipinski definition) is 5. The molecule has 0 saturated heterocycles. The van der Waals surface area contributed by atoms with E-state index in [1.807, 2.05) is 25.1 Å². The summed E-state index contributed by atoms with van der Waals surface area (Å²) in [7, 11) is 0.359. The lowest BCUT2D eigenvalue weighted by Crippen LogP contribution is -2.46. The lowest BCUT2D eigenvalue weighted by atomic mass is 10.2. The fourth-order valence-electron chi connectivity index (χ4n) is 2.14. The summed E-state index contributed by atoms with van der Waals surface area (Å²) < 4.78 is 22.4. The van der Waals surface area contributed by atoms with Gasteiger partial charge in [0, 0.05) is 51.2 Å². The van der Waals surface area contributed by atoms with E-state index in [4.69, 9.17) is 0 Å². The summed E-state index contributed by atoms with van der Waals surface area (Å²) in [5.74, 6) is 0.512. The lowest BCUT2D eigenvalue weighted by molar-refractivity contribution is -0.128. The van der Waals surface area contributed by atoms with Gasteiger partial charge in [-0.1, -0.05) is 6.07 Å². The summed E-state index contributed by atoms with van der Waals surface area (Å²) in [5, 5.41) is 6.04. The molecular weight excluding hydrogens is 354 g/mol. The molecule has 0 aliphatic rings. The van der Waals surface area contributed by atoms with Crippen molar-refractivity contribution in [1.29, 1.82) is 0 Å². The number of amides is 1. The lowest BCUT2D eigenvalue weighted by Gasteiger charge is -2.20. The van der Waals surface area contributed by atoms with Crippen LogP contribution in [0.4, 0.5) is 0 Å². The normalized spacial score (nSPS) is 13.2. The van der Waals surface area contributed by atoms with Crippen LogP contribution in [0.1, 0.15) is 19.0 Å². The molecule has 0 radical (unpaired) electrons. The second-order valence-corrected chi connectivity index (χ2v) is 8.54. The second kappa shape index (κ2) is 10.7. The molecule has 0 spiro atoms. The van der Waals surface area contributed by atoms with E-state index in [9.17, 15) is 13.2 Å². The van der Waals surface area contributed by atoms with Crippen molar-refractivity contribution in [2.45, 2.75) is 25.8 Å². The molecule has 1 unspecified atom stereocenters. The molecule has 1 aromatic rings. The molecule has 1 heterocycles. The van der Waals surface area contributed by atoms with Gasteiger partial charge >= 0.3 is 0 Å². The zero-order valence-electron chi connectivity index (χ0n) is 15.9. The molecule has 1 rings (SSSR count). The zero-order valence-corrected chi connectivity index (χ0v) is 16.7. The van der Waals surface area contributed by atoms with Crippen molar-refractivity contribution in [2.24, 2.45) is 4.99 Å². The maximum absolute atomic E-state index is 12.2. The highest BCUT2D eigenvalue weighted by molar-refractivity contribution is 7.90. The molecule has 2 N–H and O–H groups in total. The molecule has 1 amide bonds. The third-order valence-electron chi connectivity index (χ3n) is 3.79. The summed E-state index contributed by atoms with van der Waals surface area (Å²) in [6, 6.07) is 5.64. The van der Waals surface area contributed by atoms with Gasteiger partial charge in [0.15, 0.2) is 5.96 Å². The Hall–Kier alpha value is -2.16. The molecule has 0 fully saturated rings. The number of rotatable bonds is 9. The number of aliphatic imine (C=N–C) groups is 1. The number of aromatic nitrogens is 1. The van der Waals surface area contributed by atoms with E-state index in [2.05, 4.69) is 20.6 Å². The molecule has 0 aromatic carbocycles. The Morgan fingerprint density at radius 1 is 1.38 bits per heavy atom. The van der Waals surface area contributed by atoms with Crippen molar-refractivity contribution in [3.8, 4) is 0 Å². The number of hydrogen-bond donors (Lipinski definition) is 2. The minimum absolute atomic E-state index is 0.0623.